The number of rotatable bonds is 3. The number of nitrogens with zero attached hydrogens (tertiary/aromatic N) is 5. The summed E-state index contributed by atoms with van der Waals surface area (Å²) < 4.78 is 1.46. The van der Waals surface area contributed by atoms with Gasteiger partial charge in [-0.25, -0.2) is 4.68 Å². The Balaban J connectivity index is 1.62. The van der Waals surface area contributed by atoms with E-state index in [2.05, 4.69) is 16.4 Å². The third-order valence-electron chi connectivity index (χ3n) is 4.80. The van der Waals surface area contributed by atoms with Gasteiger partial charge in [-0.15, -0.1) is 5.10 Å². The van der Waals surface area contributed by atoms with Crippen LogP contribution in [0.3, 0.4) is 0 Å². The molecule has 1 amide bonds. The monoisotopic (exact) mass is 363 g/mol. The van der Waals surface area contributed by atoms with Crippen LogP contribution in [-0.2, 0) is 13.0 Å². The van der Waals surface area contributed by atoms with E-state index in [0.29, 0.717) is 24.5 Å². The van der Waals surface area contributed by atoms with Crippen molar-refractivity contribution in [2.75, 3.05) is 6.54 Å². The van der Waals surface area contributed by atoms with Crippen LogP contribution in [-0.4, -0.2) is 37.3 Å². The Hall–Kier alpha value is -3.55. The van der Waals surface area contributed by atoms with Crippen molar-refractivity contribution in [1.82, 2.24) is 19.9 Å². The van der Waals surface area contributed by atoms with Crippen LogP contribution in [0.15, 0.2) is 48.5 Å². The molecule has 0 fully saturated rings. The van der Waals surface area contributed by atoms with Crippen molar-refractivity contribution >= 4 is 11.6 Å². The molecule has 1 aromatic heterocycles. The van der Waals surface area contributed by atoms with Gasteiger partial charge >= 0.3 is 0 Å². The number of hydrogen-bond donors (Lipinski definition) is 0. The van der Waals surface area contributed by atoms with Gasteiger partial charge in [0.25, 0.3) is 11.6 Å². The Morgan fingerprint density at radius 1 is 1.15 bits per heavy atom. The van der Waals surface area contributed by atoms with E-state index in [1.165, 1.54) is 22.4 Å². The van der Waals surface area contributed by atoms with E-state index in [1.54, 1.807) is 24.0 Å². The van der Waals surface area contributed by atoms with Crippen LogP contribution in [0.5, 0.6) is 0 Å². The van der Waals surface area contributed by atoms with E-state index in [0.717, 1.165) is 12.0 Å². The van der Waals surface area contributed by atoms with Crippen molar-refractivity contribution in [3.63, 3.8) is 0 Å². The van der Waals surface area contributed by atoms with Crippen molar-refractivity contribution in [3.05, 3.63) is 81.2 Å². The van der Waals surface area contributed by atoms with Gasteiger partial charge in [0.15, 0.2) is 5.69 Å². The van der Waals surface area contributed by atoms with Gasteiger partial charge in [0.2, 0.25) is 0 Å². The lowest BCUT2D eigenvalue weighted by molar-refractivity contribution is -0.384. The Bertz CT molecular complexity index is 1040. The Kier molecular flexibility index (Phi) is 4.15. The summed E-state index contributed by atoms with van der Waals surface area (Å²) in [5.41, 5.74) is 3.68. The number of amides is 1. The quantitative estimate of drug-likeness (QED) is 0.527. The summed E-state index contributed by atoms with van der Waals surface area (Å²) in [7, 11) is 0. The summed E-state index contributed by atoms with van der Waals surface area (Å²) in [5, 5.41) is 19.1. The SMILES string of the molecule is Cc1c(C(=O)N2CCc3ccccc3C2)nnn1-c1cccc([N+](=O)[O-])c1. The van der Waals surface area contributed by atoms with E-state index in [-0.39, 0.29) is 17.3 Å². The van der Waals surface area contributed by atoms with E-state index in [1.807, 2.05) is 18.2 Å². The van der Waals surface area contributed by atoms with Gasteiger partial charge in [0.1, 0.15) is 0 Å². The van der Waals surface area contributed by atoms with Crippen molar-refractivity contribution in [3.8, 4) is 5.69 Å². The second-order valence-electron chi connectivity index (χ2n) is 6.46. The highest BCUT2D eigenvalue weighted by molar-refractivity contribution is 5.93. The minimum absolute atomic E-state index is 0.0390. The Morgan fingerprint density at radius 3 is 2.70 bits per heavy atom. The molecular formula is C19H17N5O3. The molecular weight excluding hydrogens is 346 g/mol. The van der Waals surface area contributed by atoms with E-state index < -0.39 is 4.92 Å². The Morgan fingerprint density at radius 2 is 1.93 bits per heavy atom. The fraction of sp³-hybridized carbons (Fsp3) is 0.211. The summed E-state index contributed by atoms with van der Waals surface area (Å²) in [5.74, 6) is -0.182. The van der Waals surface area contributed by atoms with Crippen LogP contribution < -0.4 is 0 Å². The molecule has 2 heterocycles. The number of carbonyl (C=O) groups is 1. The number of benzene rings is 2. The zero-order chi connectivity index (χ0) is 19.0. The number of aromatic nitrogens is 3. The molecule has 0 spiro atoms. The van der Waals surface area contributed by atoms with Crippen molar-refractivity contribution < 1.29 is 9.72 Å². The van der Waals surface area contributed by atoms with Crippen LogP contribution in [0, 0.1) is 17.0 Å². The van der Waals surface area contributed by atoms with Gasteiger partial charge < -0.3 is 4.90 Å². The predicted molar refractivity (Wildman–Crippen MR) is 97.6 cm³/mol. The molecule has 0 N–H and O–H groups in total. The predicted octanol–water partition coefficient (Wildman–Crippen LogP) is 2.68. The number of hydrogen-bond acceptors (Lipinski definition) is 5. The van der Waals surface area contributed by atoms with Gasteiger partial charge in [0.05, 0.1) is 16.3 Å². The molecule has 0 unspecified atom stereocenters. The lowest BCUT2D eigenvalue weighted by Gasteiger charge is -2.28. The first-order valence-electron chi connectivity index (χ1n) is 8.58. The van der Waals surface area contributed by atoms with Gasteiger partial charge in [-0.1, -0.05) is 35.5 Å². The van der Waals surface area contributed by atoms with Crippen molar-refractivity contribution in [1.29, 1.82) is 0 Å². The van der Waals surface area contributed by atoms with Gasteiger partial charge in [-0.2, -0.15) is 0 Å². The van der Waals surface area contributed by atoms with Crippen LogP contribution in [0.1, 0.15) is 27.3 Å². The number of fused-ring (bicyclic) bond motifs is 1. The van der Waals surface area contributed by atoms with Gasteiger partial charge in [-0.05, 0) is 30.5 Å². The number of nitro benzene ring substituents is 1. The molecule has 8 heteroatoms. The minimum atomic E-state index is -0.465. The van der Waals surface area contributed by atoms with Crippen molar-refractivity contribution in [2.45, 2.75) is 19.9 Å². The standard InChI is InChI=1S/C19H17N5O3/c1-13-18(19(25)22-10-9-14-5-2-3-6-15(14)12-22)20-21-23(13)16-7-4-8-17(11-16)24(26)27/h2-8,11H,9-10,12H2,1H3. The maximum absolute atomic E-state index is 13.0. The largest absolute Gasteiger partial charge is 0.333 e. The normalized spacial score (nSPS) is 13.3. The summed E-state index contributed by atoms with van der Waals surface area (Å²) in [4.78, 5) is 25.2. The minimum Gasteiger partial charge on any atom is -0.333 e. The first kappa shape index (κ1) is 16.9. The highest BCUT2D eigenvalue weighted by atomic mass is 16.6. The number of carbonyl (C=O) groups excluding carboxylic acids is 1. The average Bonchev–Trinajstić information content (AvgIpc) is 3.08. The molecule has 0 saturated heterocycles. The van der Waals surface area contributed by atoms with Crippen LogP contribution >= 0.6 is 0 Å². The average molecular weight is 363 g/mol. The van der Waals surface area contributed by atoms with Gasteiger partial charge in [-0.3, -0.25) is 14.9 Å². The van der Waals surface area contributed by atoms with Crippen LogP contribution in [0.2, 0.25) is 0 Å². The molecule has 0 bridgehead atoms. The summed E-state index contributed by atoms with van der Waals surface area (Å²) in [6, 6.07) is 14.2. The second-order valence-corrected chi connectivity index (χ2v) is 6.46. The molecule has 3 aromatic rings. The molecule has 8 nitrogen and oxygen atoms in total. The lowest BCUT2D eigenvalue weighted by Crippen LogP contribution is -2.36. The molecule has 1 aliphatic rings. The second kappa shape index (κ2) is 6.64. The molecule has 27 heavy (non-hydrogen) atoms. The van der Waals surface area contributed by atoms with E-state index >= 15 is 0 Å². The molecule has 2 aromatic carbocycles. The third-order valence-corrected chi connectivity index (χ3v) is 4.80. The fourth-order valence-corrected chi connectivity index (χ4v) is 3.33. The molecule has 0 aliphatic carbocycles. The molecule has 0 atom stereocenters. The smallest absolute Gasteiger partial charge is 0.276 e. The summed E-state index contributed by atoms with van der Waals surface area (Å²) in [6.45, 7) is 2.90. The third kappa shape index (κ3) is 3.05. The number of non-ortho nitro benzene ring substituents is 1. The summed E-state index contributed by atoms with van der Waals surface area (Å²) >= 11 is 0. The molecule has 0 saturated carbocycles. The highest BCUT2D eigenvalue weighted by Gasteiger charge is 2.26. The molecule has 0 radical (unpaired) electrons. The molecule has 1 aliphatic heterocycles. The van der Waals surface area contributed by atoms with E-state index in [9.17, 15) is 14.9 Å². The lowest BCUT2D eigenvalue weighted by atomic mass is 10.00. The van der Waals surface area contributed by atoms with Crippen LogP contribution in [0.4, 0.5) is 5.69 Å². The zero-order valence-corrected chi connectivity index (χ0v) is 14.7. The summed E-state index contributed by atoms with van der Waals surface area (Å²) in [6.07, 6.45) is 0.806. The van der Waals surface area contributed by atoms with Crippen molar-refractivity contribution in [2.24, 2.45) is 0 Å². The molecule has 4 rings (SSSR count). The van der Waals surface area contributed by atoms with Gasteiger partial charge in [0, 0.05) is 25.2 Å². The maximum Gasteiger partial charge on any atom is 0.276 e. The zero-order valence-electron chi connectivity index (χ0n) is 14.7. The number of nitro groups is 1. The fourth-order valence-electron chi connectivity index (χ4n) is 3.33. The van der Waals surface area contributed by atoms with Crippen LogP contribution in [0.25, 0.3) is 5.69 Å². The first-order chi connectivity index (χ1) is 13.0. The maximum atomic E-state index is 13.0. The topological polar surface area (TPSA) is 94.2 Å². The molecule has 136 valence electrons. The van der Waals surface area contributed by atoms with E-state index in [4.69, 9.17) is 0 Å². The first-order valence-corrected chi connectivity index (χ1v) is 8.58. The Labute approximate surface area is 155 Å². The highest BCUT2D eigenvalue weighted by Crippen LogP contribution is 2.22.